The Bertz CT molecular complexity index is 1040. The van der Waals surface area contributed by atoms with Crippen LogP contribution in [0, 0.1) is 17.0 Å². The van der Waals surface area contributed by atoms with E-state index >= 15 is 0 Å². The molecule has 0 aliphatic carbocycles. The van der Waals surface area contributed by atoms with Crippen LogP contribution < -0.4 is 5.43 Å². The van der Waals surface area contributed by atoms with Gasteiger partial charge in [-0.2, -0.15) is 5.10 Å². The van der Waals surface area contributed by atoms with Gasteiger partial charge in [0.15, 0.2) is 0 Å². The minimum atomic E-state index is -0.497. The van der Waals surface area contributed by atoms with Crippen molar-refractivity contribution in [1.82, 2.24) is 5.43 Å². The molecule has 1 heterocycles. The first-order chi connectivity index (χ1) is 12.9. The molecule has 1 amide bonds. The monoisotopic (exact) mass is 365 g/mol. The van der Waals surface area contributed by atoms with Gasteiger partial charge in [-0.15, -0.1) is 0 Å². The van der Waals surface area contributed by atoms with Crippen LogP contribution in [0.3, 0.4) is 0 Å². The first kappa shape index (κ1) is 17.9. The van der Waals surface area contributed by atoms with Gasteiger partial charge in [0.05, 0.1) is 16.7 Å². The van der Waals surface area contributed by atoms with E-state index in [1.807, 2.05) is 0 Å². The number of nitro groups is 1. The number of nitro benzene ring substituents is 1. The molecular formula is C19H15N3O5. The molecule has 0 spiro atoms. The van der Waals surface area contributed by atoms with Crippen molar-refractivity contribution in [3.05, 3.63) is 81.6 Å². The molecule has 3 aromatic rings. The largest absolute Gasteiger partial charge is 0.508 e. The van der Waals surface area contributed by atoms with Gasteiger partial charge >= 0.3 is 0 Å². The van der Waals surface area contributed by atoms with Gasteiger partial charge in [0.25, 0.3) is 11.6 Å². The van der Waals surface area contributed by atoms with E-state index < -0.39 is 10.8 Å². The summed E-state index contributed by atoms with van der Waals surface area (Å²) in [6, 6.07) is 13.9. The average Bonchev–Trinajstić information content (AvgIpc) is 3.10. The van der Waals surface area contributed by atoms with Crippen LogP contribution in [0.5, 0.6) is 5.75 Å². The summed E-state index contributed by atoms with van der Waals surface area (Å²) in [6.07, 6.45) is 1.28. The number of phenolic OH excluding ortho intramolecular Hbond substituents is 1. The highest BCUT2D eigenvalue weighted by Crippen LogP contribution is 2.31. The van der Waals surface area contributed by atoms with Crippen molar-refractivity contribution in [3.8, 4) is 17.1 Å². The first-order valence-corrected chi connectivity index (χ1v) is 7.92. The Morgan fingerprint density at radius 1 is 1.22 bits per heavy atom. The number of hydrogen-bond acceptors (Lipinski definition) is 6. The number of nitrogens with one attached hydrogen (secondary N) is 1. The third-order valence-electron chi connectivity index (χ3n) is 3.71. The van der Waals surface area contributed by atoms with Gasteiger partial charge in [0, 0.05) is 11.6 Å². The van der Waals surface area contributed by atoms with Crippen LogP contribution in [0.4, 0.5) is 5.69 Å². The molecule has 0 bridgehead atoms. The summed E-state index contributed by atoms with van der Waals surface area (Å²) in [4.78, 5) is 22.7. The van der Waals surface area contributed by atoms with Gasteiger partial charge in [-0.1, -0.05) is 12.1 Å². The predicted octanol–water partition coefficient (Wildman–Crippen LogP) is 3.63. The first-order valence-electron chi connectivity index (χ1n) is 7.92. The Morgan fingerprint density at radius 3 is 2.78 bits per heavy atom. The smallest absolute Gasteiger partial charge is 0.280 e. The molecule has 136 valence electrons. The van der Waals surface area contributed by atoms with E-state index in [-0.39, 0.29) is 17.0 Å². The Labute approximate surface area is 153 Å². The quantitative estimate of drug-likeness (QED) is 0.407. The topological polar surface area (TPSA) is 118 Å². The second kappa shape index (κ2) is 7.52. The van der Waals surface area contributed by atoms with Crippen LogP contribution in [0.1, 0.15) is 21.7 Å². The molecule has 0 aliphatic heterocycles. The minimum Gasteiger partial charge on any atom is -0.508 e. The van der Waals surface area contributed by atoms with E-state index in [0.29, 0.717) is 17.1 Å². The Kier molecular flexibility index (Phi) is 4.98. The highest BCUT2D eigenvalue weighted by atomic mass is 16.6. The number of hydrazone groups is 1. The number of rotatable bonds is 5. The molecule has 1 aromatic heterocycles. The number of hydrogen-bond donors (Lipinski definition) is 2. The third-order valence-corrected chi connectivity index (χ3v) is 3.71. The number of carbonyl (C=O) groups is 1. The molecular weight excluding hydrogens is 350 g/mol. The lowest BCUT2D eigenvalue weighted by molar-refractivity contribution is -0.384. The third kappa shape index (κ3) is 4.18. The molecule has 0 saturated carbocycles. The van der Waals surface area contributed by atoms with Gasteiger partial charge in [-0.25, -0.2) is 5.43 Å². The van der Waals surface area contributed by atoms with Crippen LogP contribution in [-0.2, 0) is 0 Å². The zero-order valence-corrected chi connectivity index (χ0v) is 14.2. The summed E-state index contributed by atoms with van der Waals surface area (Å²) in [5.41, 5.74) is 3.64. The van der Waals surface area contributed by atoms with Gasteiger partial charge < -0.3 is 9.52 Å². The molecule has 0 radical (unpaired) electrons. The van der Waals surface area contributed by atoms with Crippen molar-refractivity contribution in [3.63, 3.8) is 0 Å². The Hall–Kier alpha value is -3.94. The zero-order chi connectivity index (χ0) is 19.4. The number of nitrogens with zero attached hydrogens (tertiary/aromatic N) is 2. The van der Waals surface area contributed by atoms with Crippen molar-refractivity contribution in [2.45, 2.75) is 6.92 Å². The van der Waals surface area contributed by atoms with E-state index in [9.17, 15) is 20.0 Å². The number of benzene rings is 2. The number of carbonyl (C=O) groups excluding carboxylic acids is 1. The van der Waals surface area contributed by atoms with Gasteiger partial charge in [-0.3, -0.25) is 14.9 Å². The molecule has 8 heteroatoms. The number of furan rings is 1. The fourth-order valence-electron chi connectivity index (χ4n) is 2.43. The van der Waals surface area contributed by atoms with Crippen molar-refractivity contribution in [2.24, 2.45) is 5.10 Å². The van der Waals surface area contributed by atoms with Gasteiger partial charge in [0.1, 0.15) is 17.3 Å². The average molecular weight is 365 g/mol. The molecule has 8 nitrogen and oxygen atoms in total. The highest BCUT2D eigenvalue weighted by Gasteiger charge is 2.18. The van der Waals surface area contributed by atoms with Crippen LogP contribution in [-0.4, -0.2) is 22.2 Å². The lowest BCUT2D eigenvalue weighted by atomic mass is 10.1. The van der Waals surface area contributed by atoms with Crippen LogP contribution >= 0.6 is 0 Å². The molecule has 0 saturated heterocycles. The van der Waals surface area contributed by atoms with Crippen LogP contribution in [0.15, 0.2) is 64.1 Å². The minimum absolute atomic E-state index is 0.0259. The standard InChI is InChI=1S/C19H15N3O5/c1-12-5-7-16(17(9-12)22(25)26)18-8-6-15(27-18)11-20-21-19(24)13-3-2-4-14(23)10-13/h2-11,23H,1H3,(H,21,24)/b20-11+. The Balaban J connectivity index is 1.74. The predicted molar refractivity (Wildman–Crippen MR) is 98.7 cm³/mol. The molecule has 27 heavy (non-hydrogen) atoms. The number of aryl methyl sites for hydroxylation is 1. The maximum absolute atomic E-state index is 11.9. The summed E-state index contributed by atoms with van der Waals surface area (Å²) < 4.78 is 5.56. The molecule has 0 atom stereocenters. The fourth-order valence-corrected chi connectivity index (χ4v) is 2.43. The number of amides is 1. The second-order valence-electron chi connectivity index (χ2n) is 5.73. The number of aromatic hydroxyl groups is 1. The van der Waals surface area contributed by atoms with Crippen LogP contribution in [0.25, 0.3) is 11.3 Å². The molecule has 0 aliphatic rings. The van der Waals surface area contributed by atoms with E-state index in [1.54, 1.807) is 37.3 Å². The highest BCUT2D eigenvalue weighted by molar-refractivity contribution is 5.95. The fraction of sp³-hybridized carbons (Fsp3) is 0.0526. The lowest BCUT2D eigenvalue weighted by Crippen LogP contribution is -2.17. The van der Waals surface area contributed by atoms with E-state index in [2.05, 4.69) is 10.5 Å². The maximum Gasteiger partial charge on any atom is 0.280 e. The summed E-state index contributed by atoms with van der Waals surface area (Å²) >= 11 is 0. The summed E-state index contributed by atoms with van der Waals surface area (Å²) in [5.74, 6) is 0.114. The maximum atomic E-state index is 11.9. The summed E-state index contributed by atoms with van der Waals surface area (Å²) in [7, 11) is 0. The Morgan fingerprint density at radius 2 is 2.04 bits per heavy atom. The van der Waals surface area contributed by atoms with Crippen molar-refractivity contribution in [1.29, 1.82) is 0 Å². The molecule has 2 N–H and O–H groups in total. The second-order valence-corrected chi connectivity index (χ2v) is 5.73. The van der Waals surface area contributed by atoms with E-state index in [4.69, 9.17) is 4.42 Å². The molecule has 0 fully saturated rings. The zero-order valence-electron chi connectivity index (χ0n) is 14.2. The van der Waals surface area contributed by atoms with Gasteiger partial charge in [-0.05, 0) is 48.9 Å². The lowest BCUT2D eigenvalue weighted by Gasteiger charge is -2.01. The van der Waals surface area contributed by atoms with Crippen molar-refractivity contribution in [2.75, 3.05) is 0 Å². The molecule has 3 rings (SSSR count). The van der Waals surface area contributed by atoms with Gasteiger partial charge in [0.2, 0.25) is 0 Å². The van der Waals surface area contributed by atoms with Crippen molar-refractivity contribution < 1.29 is 19.2 Å². The molecule has 0 unspecified atom stereocenters. The normalized spacial score (nSPS) is 10.9. The van der Waals surface area contributed by atoms with Crippen molar-refractivity contribution >= 4 is 17.8 Å². The summed E-state index contributed by atoms with van der Waals surface area (Å²) in [6.45, 7) is 1.77. The summed E-state index contributed by atoms with van der Waals surface area (Å²) in [5, 5.41) is 24.4. The SMILES string of the molecule is Cc1ccc(-c2ccc(/C=N/NC(=O)c3cccc(O)c3)o2)c([N+](=O)[O-])c1. The molecule has 2 aromatic carbocycles. The van der Waals surface area contributed by atoms with Crippen LogP contribution in [0.2, 0.25) is 0 Å². The number of phenols is 1. The van der Waals surface area contributed by atoms with E-state index in [0.717, 1.165) is 5.56 Å². The van der Waals surface area contributed by atoms with E-state index in [1.165, 1.54) is 30.5 Å².